The Balaban J connectivity index is 1.58. The van der Waals surface area contributed by atoms with Crippen molar-refractivity contribution in [3.8, 4) is 11.5 Å². The summed E-state index contributed by atoms with van der Waals surface area (Å²) in [5.74, 6) is -2.13. The van der Waals surface area contributed by atoms with Crippen LogP contribution < -0.4 is 14.8 Å². The molecule has 2 heterocycles. The van der Waals surface area contributed by atoms with Crippen LogP contribution in [0.5, 0.6) is 11.5 Å². The van der Waals surface area contributed by atoms with Gasteiger partial charge in [-0.15, -0.1) is 0 Å². The van der Waals surface area contributed by atoms with Gasteiger partial charge in [0.1, 0.15) is 6.10 Å². The van der Waals surface area contributed by atoms with Crippen molar-refractivity contribution in [2.45, 2.75) is 38.3 Å². The number of ether oxygens (including phenoxy) is 4. The number of pyridine rings is 1. The van der Waals surface area contributed by atoms with Crippen LogP contribution in [0, 0.1) is 5.92 Å². The van der Waals surface area contributed by atoms with E-state index >= 15 is 0 Å². The van der Waals surface area contributed by atoms with Crippen molar-refractivity contribution in [3.05, 3.63) is 89.7 Å². The van der Waals surface area contributed by atoms with Crippen LogP contribution in [0.4, 0.5) is 0 Å². The van der Waals surface area contributed by atoms with Gasteiger partial charge >= 0.3 is 11.9 Å². The van der Waals surface area contributed by atoms with Crippen LogP contribution in [0.2, 0.25) is 0 Å². The number of esters is 2. The van der Waals surface area contributed by atoms with Gasteiger partial charge < -0.3 is 24.3 Å². The molecule has 0 saturated carbocycles. The highest BCUT2D eigenvalue weighted by Gasteiger charge is 2.36. The number of carbonyl (C=O) groups is 3. The first-order valence-electron chi connectivity index (χ1n) is 12.8. The molecule has 1 fully saturated rings. The largest absolute Gasteiger partial charge is 0.493 e. The fraction of sp³-hybridized carbons (Fsp3) is 0.333. The monoisotopic (exact) mass is 532 g/mol. The Kier molecular flexibility index (Phi) is 9.27. The summed E-state index contributed by atoms with van der Waals surface area (Å²) in [5.41, 5.74) is 1.99. The third-order valence-corrected chi connectivity index (χ3v) is 6.60. The van der Waals surface area contributed by atoms with Gasteiger partial charge in [0, 0.05) is 25.1 Å². The smallest absolute Gasteiger partial charge is 0.331 e. The summed E-state index contributed by atoms with van der Waals surface area (Å²) in [6, 6.07) is 20.4. The highest BCUT2D eigenvalue weighted by atomic mass is 16.6. The second-order valence-electron chi connectivity index (χ2n) is 9.38. The molecule has 4 rings (SSSR count). The molecule has 39 heavy (non-hydrogen) atoms. The molecule has 4 atom stereocenters. The maximum Gasteiger partial charge on any atom is 0.331 e. The molecule has 1 aromatic heterocycles. The lowest BCUT2D eigenvalue weighted by atomic mass is 9.79. The number of hydrogen-bond donors (Lipinski definition) is 1. The van der Waals surface area contributed by atoms with Crippen LogP contribution in [-0.4, -0.2) is 55.3 Å². The third kappa shape index (κ3) is 7.00. The standard InChI is InChI=1S/C30H32N2O7/c1-19-26(22-12-8-5-9-13-22)23(16-21-10-6-4-7-11-21)17-37-18-24(30(35)38-19)32-29(34)27-28(39-20(2)33)25(36-3)14-15-31-27/h4-15,19,23-24,26H,16-18H2,1-3H3,(H,32,34)/t19-,23-,24-,26+/m0/s1. The molecule has 1 amide bonds. The quantitative estimate of drug-likeness (QED) is 0.458. The number of amides is 1. The van der Waals surface area contributed by atoms with E-state index in [0.29, 0.717) is 6.61 Å². The predicted molar refractivity (Wildman–Crippen MR) is 143 cm³/mol. The second kappa shape index (κ2) is 13.0. The molecule has 0 aliphatic carbocycles. The van der Waals surface area contributed by atoms with Gasteiger partial charge in [0.15, 0.2) is 17.5 Å². The first-order chi connectivity index (χ1) is 18.9. The van der Waals surface area contributed by atoms with E-state index in [-0.39, 0.29) is 35.6 Å². The molecular weight excluding hydrogens is 500 g/mol. The van der Waals surface area contributed by atoms with E-state index in [1.807, 2.05) is 55.5 Å². The zero-order chi connectivity index (χ0) is 27.8. The number of cyclic esters (lactones) is 1. The van der Waals surface area contributed by atoms with Gasteiger partial charge in [0.05, 0.1) is 20.3 Å². The third-order valence-electron chi connectivity index (χ3n) is 6.60. The Labute approximate surface area is 227 Å². The van der Waals surface area contributed by atoms with Gasteiger partial charge in [0.2, 0.25) is 5.75 Å². The van der Waals surface area contributed by atoms with Gasteiger partial charge in [-0.25, -0.2) is 9.78 Å². The number of nitrogens with one attached hydrogen (secondary N) is 1. The molecule has 204 valence electrons. The van der Waals surface area contributed by atoms with Crippen molar-refractivity contribution in [2.24, 2.45) is 5.92 Å². The first kappa shape index (κ1) is 27.8. The molecule has 9 nitrogen and oxygen atoms in total. The van der Waals surface area contributed by atoms with Crippen molar-refractivity contribution in [3.63, 3.8) is 0 Å². The molecule has 0 unspecified atom stereocenters. The average molecular weight is 533 g/mol. The molecule has 1 aliphatic heterocycles. The molecule has 1 N–H and O–H groups in total. The van der Waals surface area contributed by atoms with Crippen LogP contribution >= 0.6 is 0 Å². The summed E-state index contributed by atoms with van der Waals surface area (Å²) in [5, 5.41) is 2.64. The molecule has 3 aromatic rings. The molecule has 0 radical (unpaired) electrons. The zero-order valence-electron chi connectivity index (χ0n) is 22.2. The fourth-order valence-electron chi connectivity index (χ4n) is 4.87. The van der Waals surface area contributed by atoms with Crippen LogP contribution in [-0.2, 0) is 25.5 Å². The predicted octanol–water partition coefficient (Wildman–Crippen LogP) is 3.72. The van der Waals surface area contributed by atoms with E-state index in [9.17, 15) is 14.4 Å². The fourth-order valence-corrected chi connectivity index (χ4v) is 4.87. The Bertz CT molecular complexity index is 1280. The van der Waals surface area contributed by atoms with Crippen molar-refractivity contribution >= 4 is 17.8 Å². The van der Waals surface area contributed by atoms with Crippen molar-refractivity contribution in [1.82, 2.24) is 10.3 Å². The lowest BCUT2D eigenvalue weighted by Crippen LogP contribution is -2.46. The van der Waals surface area contributed by atoms with Crippen LogP contribution in [0.3, 0.4) is 0 Å². The molecule has 1 saturated heterocycles. The van der Waals surface area contributed by atoms with Gasteiger partial charge in [-0.2, -0.15) is 0 Å². The van der Waals surface area contributed by atoms with Gasteiger partial charge in [-0.1, -0.05) is 60.7 Å². The summed E-state index contributed by atoms with van der Waals surface area (Å²) in [6.07, 6.45) is 1.57. The molecule has 9 heteroatoms. The Morgan fingerprint density at radius 3 is 2.38 bits per heavy atom. The van der Waals surface area contributed by atoms with Gasteiger partial charge in [-0.3, -0.25) is 9.59 Å². The number of methoxy groups -OCH3 is 1. The van der Waals surface area contributed by atoms with Crippen LogP contribution in [0.25, 0.3) is 0 Å². The topological polar surface area (TPSA) is 113 Å². The number of aromatic nitrogens is 1. The summed E-state index contributed by atoms with van der Waals surface area (Å²) in [7, 11) is 1.38. The van der Waals surface area contributed by atoms with Gasteiger partial charge in [-0.05, 0) is 30.4 Å². The lowest BCUT2D eigenvalue weighted by Gasteiger charge is -2.31. The lowest BCUT2D eigenvalue weighted by molar-refractivity contribution is -0.152. The number of carbonyl (C=O) groups excluding carboxylic acids is 3. The maximum atomic E-state index is 13.3. The Morgan fingerprint density at radius 1 is 1.03 bits per heavy atom. The zero-order valence-corrected chi connectivity index (χ0v) is 22.2. The first-order valence-corrected chi connectivity index (χ1v) is 12.8. The second-order valence-corrected chi connectivity index (χ2v) is 9.38. The minimum absolute atomic E-state index is 0.00247. The molecule has 1 aliphatic rings. The molecule has 0 bridgehead atoms. The van der Waals surface area contributed by atoms with E-state index in [1.165, 1.54) is 26.3 Å². The van der Waals surface area contributed by atoms with Crippen molar-refractivity contribution in [1.29, 1.82) is 0 Å². The molecular formula is C30H32N2O7. The summed E-state index contributed by atoms with van der Waals surface area (Å²) >= 11 is 0. The number of hydrogen-bond acceptors (Lipinski definition) is 8. The summed E-state index contributed by atoms with van der Waals surface area (Å²) < 4.78 is 22.4. The minimum atomic E-state index is -1.11. The SMILES string of the molecule is COc1ccnc(C(=O)N[C@H]2COC[C@H](Cc3ccccc3)[C@@H](c3ccccc3)[C@H](C)OC2=O)c1OC(C)=O. The average Bonchev–Trinajstić information content (AvgIpc) is 2.98. The summed E-state index contributed by atoms with van der Waals surface area (Å²) in [4.78, 5) is 42.2. The molecule has 0 spiro atoms. The highest BCUT2D eigenvalue weighted by Crippen LogP contribution is 2.34. The van der Waals surface area contributed by atoms with E-state index in [1.54, 1.807) is 0 Å². The highest BCUT2D eigenvalue weighted by molar-refractivity contribution is 5.98. The van der Waals surface area contributed by atoms with Crippen molar-refractivity contribution in [2.75, 3.05) is 20.3 Å². The van der Waals surface area contributed by atoms with E-state index in [0.717, 1.165) is 17.5 Å². The van der Waals surface area contributed by atoms with Crippen LogP contribution in [0.1, 0.15) is 41.4 Å². The number of benzene rings is 2. The van der Waals surface area contributed by atoms with Crippen LogP contribution in [0.15, 0.2) is 72.9 Å². The summed E-state index contributed by atoms with van der Waals surface area (Å²) in [6.45, 7) is 3.31. The van der Waals surface area contributed by atoms with E-state index < -0.39 is 30.0 Å². The normalized spacial score (nSPS) is 21.5. The Morgan fingerprint density at radius 2 is 1.72 bits per heavy atom. The van der Waals surface area contributed by atoms with Crippen molar-refractivity contribution < 1.29 is 33.3 Å². The molecule has 2 aromatic carbocycles. The van der Waals surface area contributed by atoms with E-state index in [2.05, 4.69) is 22.4 Å². The minimum Gasteiger partial charge on any atom is -0.493 e. The number of nitrogens with zero attached hydrogens (tertiary/aromatic N) is 1. The van der Waals surface area contributed by atoms with Gasteiger partial charge in [0.25, 0.3) is 5.91 Å². The Hall–Kier alpha value is -4.24. The maximum absolute atomic E-state index is 13.3. The van der Waals surface area contributed by atoms with E-state index in [4.69, 9.17) is 18.9 Å². The number of rotatable bonds is 7.